The molecule has 4 aromatic rings. The van der Waals surface area contributed by atoms with E-state index in [9.17, 15) is 0 Å². The molecule has 0 radical (unpaired) electrons. The lowest BCUT2D eigenvalue weighted by molar-refractivity contribution is 0.313. The van der Waals surface area contributed by atoms with Crippen LogP contribution in [-0.2, 0) is 5.75 Å². The molecule has 5 rings (SSSR count). The minimum Gasteiger partial charge on any atom is -0.369 e. The maximum atomic E-state index is 4.71. The Balaban J connectivity index is 1.31. The Kier molecular flexibility index (Phi) is 6.20. The summed E-state index contributed by atoms with van der Waals surface area (Å²) < 4.78 is 1.79. The lowest BCUT2D eigenvalue weighted by Crippen LogP contribution is -2.44. The number of fused-ring (bicyclic) bond motifs is 1. The van der Waals surface area contributed by atoms with E-state index in [-0.39, 0.29) is 0 Å². The Hall–Kier alpha value is -3.10. The predicted molar refractivity (Wildman–Crippen MR) is 136 cm³/mol. The third-order valence-electron chi connectivity index (χ3n) is 5.92. The number of nitrogens with one attached hydrogen (secondary N) is 1. The molecule has 0 amide bonds. The first-order chi connectivity index (χ1) is 16.0. The molecule has 0 atom stereocenters. The molecule has 0 unspecified atom stereocenters. The van der Waals surface area contributed by atoms with Gasteiger partial charge in [-0.2, -0.15) is 9.50 Å². The Labute approximate surface area is 198 Å². The van der Waals surface area contributed by atoms with Gasteiger partial charge in [0.25, 0.3) is 5.78 Å². The maximum absolute atomic E-state index is 4.71. The quantitative estimate of drug-likeness (QED) is 0.425. The van der Waals surface area contributed by atoms with Crippen molar-refractivity contribution in [2.24, 2.45) is 0 Å². The van der Waals surface area contributed by atoms with E-state index in [0.29, 0.717) is 5.78 Å². The van der Waals surface area contributed by atoms with Gasteiger partial charge in [0.05, 0.1) is 0 Å². The second-order valence-electron chi connectivity index (χ2n) is 8.63. The van der Waals surface area contributed by atoms with Gasteiger partial charge in [-0.25, -0.2) is 4.98 Å². The Morgan fingerprint density at radius 1 is 0.909 bits per heavy atom. The number of anilines is 3. The first-order valence-electron chi connectivity index (χ1n) is 11.3. The number of hydrogen-bond acceptors (Lipinski definition) is 7. The average molecular weight is 460 g/mol. The zero-order valence-corrected chi connectivity index (χ0v) is 20.1. The summed E-state index contributed by atoms with van der Waals surface area (Å²) in [6.07, 6.45) is 0. The summed E-state index contributed by atoms with van der Waals surface area (Å²) in [5, 5.41) is 8.94. The van der Waals surface area contributed by atoms with E-state index in [2.05, 4.69) is 87.6 Å². The number of aryl methyl sites for hydroxylation is 2. The van der Waals surface area contributed by atoms with Crippen LogP contribution in [0.25, 0.3) is 5.78 Å². The highest BCUT2D eigenvalue weighted by atomic mass is 32.2. The van der Waals surface area contributed by atoms with E-state index < -0.39 is 0 Å². The van der Waals surface area contributed by atoms with Crippen LogP contribution >= 0.6 is 11.8 Å². The summed E-state index contributed by atoms with van der Waals surface area (Å²) in [7, 11) is 2.18. The first kappa shape index (κ1) is 21.7. The van der Waals surface area contributed by atoms with Crippen LogP contribution < -0.4 is 10.2 Å². The van der Waals surface area contributed by atoms with E-state index >= 15 is 0 Å². The molecule has 0 spiro atoms. The smallest absolute Gasteiger partial charge is 0.255 e. The van der Waals surface area contributed by atoms with Crippen molar-refractivity contribution in [1.29, 1.82) is 0 Å². The second kappa shape index (κ2) is 9.41. The van der Waals surface area contributed by atoms with Gasteiger partial charge in [0.1, 0.15) is 5.82 Å². The van der Waals surface area contributed by atoms with Crippen LogP contribution in [0.2, 0.25) is 0 Å². The van der Waals surface area contributed by atoms with Gasteiger partial charge >= 0.3 is 0 Å². The summed E-state index contributed by atoms with van der Waals surface area (Å²) in [5.41, 5.74) is 5.71. The summed E-state index contributed by atoms with van der Waals surface area (Å²) in [6, 6.07) is 19.2. The molecule has 170 valence electrons. The molecule has 1 N–H and O–H groups in total. The van der Waals surface area contributed by atoms with Gasteiger partial charge in [0.15, 0.2) is 0 Å². The van der Waals surface area contributed by atoms with Gasteiger partial charge in [-0.05, 0) is 50.7 Å². The van der Waals surface area contributed by atoms with E-state index in [1.54, 1.807) is 16.3 Å². The number of thioether (sulfide) groups is 1. The third kappa shape index (κ3) is 5.12. The minimum absolute atomic E-state index is 0.609. The Morgan fingerprint density at radius 3 is 2.36 bits per heavy atom. The fourth-order valence-electron chi connectivity index (χ4n) is 3.92. The highest BCUT2D eigenvalue weighted by Gasteiger charge is 2.15. The monoisotopic (exact) mass is 459 g/mol. The molecule has 1 aliphatic rings. The molecule has 8 heteroatoms. The molecule has 2 aromatic carbocycles. The van der Waals surface area contributed by atoms with Crippen molar-refractivity contribution in [2.75, 3.05) is 43.4 Å². The summed E-state index contributed by atoms with van der Waals surface area (Å²) in [5.74, 6) is 2.30. The van der Waals surface area contributed by atoms with Gasteiger partial charge in [0, 0.05) is 55.1 Å². The van der Waals surface area contributed by atoms with Crippen LogP contribution in [0.5, 0.6) is 0 Å². The van der Waals surface area contributed by atoms with Crippen molar-refractivity contribution in [3.05, 3.63) is 71.4 Å². The van der Waals surface area contributed by atoms with Crippen LogP contribution in [0.4, 0.5) is 17.2 Å². The first-order valence-corrected chi connectivity index (χ1v) is 12.3. The molecule has 0 saturated carbocycles. The van der Waals surface area contributed by atoms with Crippen molar-refractivity contribution in [3.63, 3.8) is 0 Å². The molecule has 1 aliphatic heterocycles. The van der Waals surface area contributed by atoms with Crippen LogP contribution in [-0.4, -0.2) is 57.7 Å². The number of piperazine rings is 1. The molecule has 1 saturated heterocycles. The molecule has 2 aromatic heterocycles. The minimum atomic E-state index is 0.609. The van der Waals surface area contributed by atoms with Crippen LogP contribution in [0.1, 0.15) is 16.8 Å². The van der Waals surface area contributed by atoms with Crippen molar-refractivity contribution >= 4 is 34.7 Å². The average Bonchev–Trinajstić information content (AvgIpc) is 3.23. The molecular formula is C25H29N7S. The van der Waals surface area contributed by atoms with Gasteiger partial charge in [0.2, 0.25) is 5.16 Å². The van der Waals surface area contributed by atoms with Gasteiger partial charge in [-0.1, -0.05) is 41.6 Å². The molecule has 3 heterocycles. The van der Waals surface area contributed by atoms with Gasteiger partial charge in [-0.3, -0.25) is 0 Å². The summed E-state index contributed by atoms with van der Waals surface area (Å²) in [6.45, 7) is 8.42. The lowest BCUT2D eigenvalue weighted by Gasteiger charge is -2.34. The van der Waals surface area contributed by atoms with Gasteiger partial charge in [-0.15, -0.1) is 5.10 Å². The summed E-state index contributed by atoms with van der Waals surface area (Å²) in [4.78, 5) is 14.0. The van der Waals surface area contributed by atoms with E-state index in [0.717, 1.165) is 54.3 Å². The molecule has 1 fully saturated rings. The van der Waals surface area contributed by atoms with Crippen molar-refractivity contribution < 1.29 is 0 Å². The fraction of sp³-hybridized carbons (Fsp3) is 0.320. The Morgan fingerprint density at radius 2 is 1.64 bits per heavy atom. The van der Waals surface area contributed by atoms with Crippen molar-refractivity contribution in [2.45, 2.75) is 24.8 Å². The van der Waals surface area contributed by atoms with Crippen LogP contribution in [0.3, 0.4) is 0 Å². The molecular weight excluding hydrogens is 430 g/mol. The second-order valence-corrected chi connectivity index (χ2v) is 9.57. The molecule has 0 aliphatic carbocycles. The normalized spacial score (nSPS) is 14.7. The largest absolute Gasteiger partial charge is 0.369 e. The standard InChI is InChI=1S/C25H29N7S/c1-18-4-6-20(7-5-18)17-33-25-28-24-26-19(2)16-23(32(24)29-25)27-21-8-10-22(11-9-21)31-14-12-30(3)13-15-31/h4-11,16,27H,12-15,17H2,1-3H3. The number of nitrogens with zero attached hydrogens (tertiary/aromatic N) is 6. The molecule has 0 bridgehead atoms. The van der Waals surface area contributed by atoms with Gasteiger partial charge < -0.3 is 15.1 Å². The van der Waals surface area contributed by atoms with Crippen molar-refractivity contribution in [1.82, 2.24) is 24.5 Å². The van der Waals surface area contributed by atoms with Crippen molar-refractivity contribution in [3.8, 4) is 0 Å². The van der Waals surface area contributed by atoms with Crippen LogP contribution in [0, 0.1) is 13.8 Å². The highest BCUT2D eigenvalue weighted by molar-refractivity contribution is 7.98. The van der Waals surface area contributed by atoms with Crippen LogP contribution in [0.15, 0.2) is 59.8 Å². The number of benzene rings is 2. The zero-order valence-electron chi connectivity index (χ0n) is 19.3. The topological polar surface area (TPSA) is 61.6 Å². The Bertz CT molecular complexity index is 1230. The molecule has 33 heavy (non-hydrogen) atoms. The van der Waals surface area contributed by atoms with E-state index in [1.807, 2.05) is 13.0 Å². The number of hydrogen-bond donors (Lipinski definition) is 1. The lowest BCUT2D eigenvalue weighted by atomic mass is 10.2. The zero-order chi connectivity index (χ0) is 22.8. The number of aromatic nitrogens is 4. The fourth-order valence-corrected chi connectivity index (χ4v) is 4.69. The maximum Gasteiger partial charge on any atom is 0.255 e. The van der Waals surface area contributed by atoms with E-state index in [4.69, 9.17) is 5.10 Å². The highest BCUT2D eigenvalue weighted by Crippen LogP contribution is 2.25. The van der Waals surface area contributed by atoms with E-state index in [1.165, 1.54) is 16.8 Å². The summed E-state index contributed by atoms with van der Waals surface area (Å²) >= 11 is 1.62. The number of likely N-dealkylation sites (N-methyl/N-ethyl adjacent to an activating group) is 1. The number of rotatable bonds is 6. The SMILES string of the molecule is Cc1ccc(CSc2nc3nc(C)cc(Nc4ccc(N5CCN(C)CC5)cc4)n3n2)cc1. The predicted octanol–water partition coefficient (Wildman–Crippen LogP) is 4.53. The molecule has 7 nitrogen and oxygen atoms in total. The third-order valence-corrected chi connectivity index (χ3v) is 6.83.